The molecule has 1 N–H and O–H groups in total. The lowest BCUT2D eigenvalue weighted by molar-refractivity contribution is 1.02. The van der Waals surface area contributed by atoms with Crippen LogP contribution in [-0.2, 0) is 6.42 Å². The van der Waals surface area contributed by atoms with E-state index in [1.54, 1.807) is 6.07 Å². The molecule has 0 radical (unpaired) electrons. The van der Waals surface area contributed by atoms with Crippen molar-refractivity contribution in [2.24, 2.45) is 0 Å². The first-order valence-corrected chi connectivity index (χ1v) is 8.84. The first-order chi connectivity index (χ1) is 12.1. The third-order valence-corrected chi connectivity index (χ3v) is 4.93. The molecule has 4 heteroatoms. The zero-order chi connectivity index (χ0) is 17.4. The lowest BCUT2D eigenvalue weighted by Crippen LogP contribution is -1.92. The van der Waals surface area contributed by atoms with Gasteiger partial charge in [0, 0.05) is 27.7 Å². The standard InChI is InChI=1S/C21H16Cl2N2/c1-13-21(16-7-6-14-4-2-3-5-15(14)10-16)25-20(24-13)12-17-11-18(22)8-9-19(17)23/h2-11H,12H2,1H3,(H,24,25). The van der Waals surface area contributed by atoms with E-state index < -0.39 is 0 Å². The number of hydrogen-bond donors (Lipinski definition) is 1. The van der Waals surface area contributed by atoms with Crippen molar-refractivity contribution in [2.45, 2.75) is 13.3 Å². The predicted octanol–water partition coefficient (Wildman–Crippen LogP) is 6.44. The summed E-state index contributed by atoms with van der Waals surface area (Å²) in [5, 5.41) is 3.82. The fourth-order valence-electron chi connectivity index (χ4n) is 3.08. The molecule has 2 nitrogen and oxygen atoms in total. The van der Waals surface area contributed by atoms with Gasteiger partial charge in [-0.1, -0.05) is 59.6 Å². The number of halogens is 2. The highest BCUT2D eigenvalue weighted by Crippen LogP contribution is 2.27. The van der Waals surface area contributed by atoms with Crippen LogP contribution in [0.25, 0.3) is 22.0 Å². The summed E-state index contributed by atoms with van der Waals surface area (Å²) in [6.07, 6.45) is 0.619. The van der Waals surface area contributed by atoms with Crippen LogP contribution in [0.1, 0.15) is 17.1 Å². The van der Waals surface area contributed by atoms with Gasteiger partial charge in [0.2, 0.25) is 0 Å². The van der Waals surface area contributed by atoms with Gasteiger partial charge < -0.3 is 4.98 Å². The van der Waals surface area contributed by atoms with E-state index in [9.17, 15) is 0 Å². The number of aryl methyl sites for hydroxylation is 1. The van der Waals surface area contributed by atoms with Crippen molar-refractivity contribution in [2.75, 3.05) is 0 Å². The van der Waals surface area contributed by atoms with Gasteiger partial charge in [-0.05, 0) is 47.5 Å². The summed E-state index contributed by atoms with van der Waals surface area (Å²) in [6, 6.07) is 20.3. The van der Waals surface area contributed by atoms with Crippen LogP contribution >= 0.6 is 23.2 Å². The average molecular weight is 367 g/mol. The number of benzene rings is 3. The third kappa shape index (κ3) is 3.28. The number of fused-ring (bicyclic) bond motifs is 1. The molecule has 1 aromatic heterocycles. The number of imidazole rings is 1. The van der Waals surface area contributed by atoms with E-state index in [1.807, 2.05) is 19.1 Å². The monoisotopic (exact) mass is 366 g/mol. The fourth-order valence-corrected chi connectivity index (χ4v) is 3.46. The summed E-state index contributed by atoms with van der Waals surface area (Å²) in [4.78, 5) is 8.17. The Hall–Kier alpha value is -2.29. The molecule has 4 rings (SSSR count). The van der Waals surface area contributed by atoms with E-state index >= 15 is 0 Å². The second-order valence-electron chi connectivity index (χ2n) is 6.13. The van der Waals surface area contributed by atoms with Crippen LogP contribution in [0.15, 0.2) is 60.7 Å². The van der Waals surface area contributed by atoms with E-state index in [0.29, 0.717) is 16.5 Å². The SMILES string of the molecule is Cc1[nH]c(Cc2cc(Cl)ccc2Cl)nc1-c1ccc2ccccc2c1. The lowest BCUT2D eigenvalue weighted by atomic mass is 10.0. The first kappa shape index (κ1) is 16.2. The first-order valence-electron chi connectivity index (χ1n) is 8.09. The van der Waals surface area contributed by atoms with Crippen LogP contribution in [0.3, 0.4) is 0 Å². The molecule has 0 atom stereocenters. The van der Waals surface area contributed by atoms with Gasteiger partial charge in [-0.25, -0.2) is 4.98 Å². The average Bonchev–Trinajstić information content (AvgIpc) is 2.98. The molecular weight excluding hydrogens is 351 g/mol. The zero-order valence-electron chi connectivity index (χ0n) is 13.7. The maximum absolute atomic E-state index is 6.27. The highest BCUT2D eigenvalue weighted by molar-refractivity contribution is 6.33. The molecule has 0 spiro atoms. The largest absolute Gasteiger partial charge is 0.345 e. The van der Waals surface area contributed by atoms with E-state index in [2.05, 4.69) is 47.4 Å². The van der Waals surface area contributed by atoms with Gasteiger partial charge in [0.1, 0.15) is 5.82 Å². The van der Waals surface area contributed by atoms with Crippen molar-refractivity contribution >= 4 is 34.0 Å². The molecule has 0 amide bonds. The molecule has 0 aliphatic heterocycles. The number of hydrogen-bond acceptors (Lipinski definition) is 1. The fraction of sp³-hybridized carbons (Fsp3) is 0.0952. The third-order valence-electron chi connectivity index (χ3n) is 4.32. The van der Waals surface area contributed by atoms with Gasteiger partial charge >= 0.3 is 0 Å². The van der Waals surface area contributed by atoms with Gasteiger partial charge in [-0.3, -0.25) is 0 Å². The van der Waals surface area contributed by atoms with Crippen molar-refractivity contribution in [1.29, 1.82) is 0 Å². The maximum atomic E-state index is 6.27. The number of nitrogens with one attached hydrogen (secondary N) is 1. The molecule has 0 unspecified atom stereocenters. The molecule has 0 fully saturated rings. The number of nitrogens with zero attached hydrogens (tertiary/aromatic N) is 1. The van der Waals surface area contributed by atoms with E-state index in [0.717, 1.165) is 28.3 Å². The molecule has 0 bridgehead atoms. The number of aromatic amines is 1. The summed E-state index contributed by atoms with van der Waals surface area (Å²) in [6.45, 7) is 2.04. The van der Waals surface area contributed by atoms with Gasteiger partial charge in [-0.2, -0.15) is 0 Å². The number of H-pyrrole nitrogens is 1. The van der Waals surface area contributed by atoms with Gasteiger partial charge in [-0.15, -0.1) is 0 Å². The minimum atomic E-state index is 0.619. The molecule has 0 saturated carbocycles. The van der Waals surface area contributed by atoms with Crippen molar-refractivity contribution in [3.05, 3.63) is 87.8 Å². The topological polar surface area (TPSA) is 28.7 Å². The van der Waals surface area contributed by atoms with Crippen LogP contribution < -0.4 is 0 Å². The molecular formula is C21H16Cl2N2. The Bertz CT molecular complexity index is 1070. The van der Waals surface area contributed by atoms with Crippen LogP contribution in [0, 0.1) is 6.92 Å². The molecule has 0 aliphatic rings. The Labute approximate surface area is 156 Å². The van der Waals surface area contributed by atoms with E-state index in [-0.39, 0.29) is 0 Å². The van der Waals surface area contributed by atoms with Crippen LogP contribution in [0.4, 0.5) is 0 Å². The Balaban J connectivity index is 1.70. The van der Waals surface area contributed by atoms with Crippen molar-refractivity contribution in [1.82, 2.24) is 9.97 Å². The summed E-state index contributed by atoms with van der Waals surface area (Å²) in [5.74, 6) is 0.879. The molecule has 25 heavy (non-hydrogen) atoms. The highest BCUT2D eigenvalue weighted by atomic mass is 35.5. The highest BCUT2D eigenvalue weighted by Gasteiger charge is 2.12. The van der Waals surface area contributed by atoms with Crippen LogP contribution in [-0.4, -0.2) is 9.97 Å². The summed E-state index contributed by atoms with van der Waals surface area (Å²) >= 11 is 12.4. The molecule has 4 aromatic rings. The summed E-state index contributed by atoms with van der Waals surface area (Å²) in [7, 11) is 0. The Morgan fingerprint density at radius 1 is 0.920 bits per heavy atom. The summed E-state index contributed by atoms with van der Waals surface area (Å²) in [5.41, 5.74) is 4.09. The Morgan fingerprint density at radius 2 is 1.72 bits per heavy atom. The van der Waals surface area contributed by atoms with Gasteiger partial charge in [0.15, 0.2) is 0 Å². The Kier molecular flexibility index (Phi) is 4.24. The molecule has 3 aromatic carbocycles. The normalized spacial score (nSPS) is 11.2. The second kappa shape index (κ2) is 6.55. The maximum Gasteiger partial charge on any atom is 0.111 e. The van der Waals surface area contributed by atoms with Gasteiger partial charge in [0.25, 0.3) is 0 Å². The number of rotatable bonds is 3. The molecule has 1 heterocycles. The Morgan fingerprint density at radius 3 is 2.56 bits per heavy atom. The minimum absolute atomic E-state index is 0.619. The molecule has 0 saturated heterocycles. The van der Waals surface area contributed by atoms with Crippen molar-refractivity contribution in [3.8, 4) is 11.3 Å². The molecule has 0 aliphatic carbocycles. The minimum Gasteiger partial charge on any atom is -0.345 e. The second-order valence-corrected chi connectivity index (χ2v) is 6.98. The van der Waals surface area contributed by atoms with Crippen LogP contribution in [0.5, 0.6) is 0 Å². The molecule has 124 valence electrons. The quantitative estimate of drug-likeness (QED) is 0.444. The van der Waals surface area contributed by atoms with Crippen molar-refractivity contribution < 1.29 is 0 Å². The van der Waals surface area contributed by atoms with E-state index in [4.69, 9.17) is 28.2 Å². The predicted molar refractivity (Wildman–Crippen MR) is 106 cm³/mol. The smallest absolute Gasteiger partial charge is 0.111 e. The lowest BCUT2D eigenvalue weighted by Gasteiger charge is -2.03. The zero-order valence-corrected chi connectivity index (χ0v) is 15.2. The van der Waals surface area contributed by atoms with Gasteiger partial charge in [0.05, 0.1) is 5.69 Å². The number of aromatic nitrogens is 2. The van der Waals surface area contributed by atoms with Crippen LogP contribution in [0.2, 0.25) is 10.0 Å². The van der Waals surface area contributed by atoms with Crippen molar-refractivity contribution in [3.63, 3.8) is 0 Å². The van der Waals surface area contributed by atoms with E-state index in [1.165, 1.54) is 10.8 Å². The summed E-state index contributed by atoms with van der Waals surface area (Å²) < 4.78 is 0.